The summed E-state index contributed by atoms with van der Waals surface area (Å²) in [7, 11) is 0. The quantitative estimate of drug-likeness (QED) is 0.557. The molecule has 2 N–H and O–H groups in total. The second kappa shape index (κ2) is 1.87. The first-order valence-corrected chi connectivity index (χ1v) is 2.57. The van der Waals surface area contributed by atoms with Crippen LogP contribution in [0.5, 0.6) is 0 Å². The van der Waals surface area contributed by atoms with Crippen LogP contribution in [-0.4, -0.2) is 15.6 Å². The van der Waals surface area contributed by atoms with Crippen molar-refractivity contribution in [2.24, 2.45) is 0 Å². The molecule has 1 heterocycles. The standard InChI is InChI=1S/C3H2N3OS/c4-3-5-2(1-7)6-8-3/h(H2,4,5,6). The molecule has 0 saturated carbocycles. The molecule has 1 rings (SSSR count). The predicted molar refractivity (Wildman–Crippen MR) is 29.1 cm³/mol. The zero-order valence-corrected chi connectivity index (χ0v) is 4.60. The summed E-state index contributed by atoms with van der Waals surface area (Å²) < 4.78 is 3.52. The highest BCUT2D eigenvalue weighted by molar-refractivity contribution is 7.09. The molecule has 5 heteroatoms. The third kappa shape index (κ3) is 0.812. The molecule has 0 aliphatic rings. The van der Waals surface area contributed by atoms with Crippen molar-refractivity contribution in [1.29, 1.82) is 0 Å². The Morgan fingerprint density at radius 3 is 2.75 bits per heavy atom. The van der Waals surface area contributed by atoms with E-state index in [9.17, 15) is 4.79 Å². The topological polar surface area (TPSA) is 68.9 Å². The van der Waals surface area contributed by atoms with E-state index in [1.807, 2.05) is 0 Å². The highest BCUT2D eigenvalue weighted by Crippen LogP contribution is 2.02. The van der Waals surface area contributed by atoms with E-state index in [-0.39, 0.29) is 5.82 Å². The van der Waals surface area contributed by atoms with E-state index < -0.39 is 0 Å². The summed E-state index contributed by atoms with van der Waals surface area (Å²) in [5, 5.41) is 0.295. The van der Waals surface area contributed by atoms with Gasteiger partial charge in [-0.3, -0.25) is 4.79 Å². The number of nitrogen functional groups attached to an aromatic ring is 1. The first-order chi connectivity index (χ1) is 3.83. The van der Waals surface area contributed by atoms with Crippen LogP contribution in [0.2, 0.25) is 0 Å². The van der Waals surface area contributed by atoms with E-state index in [1.54, 1.807) is 0 Å². The lowest BCUT2D eigenvalue weighted by Gasteiger charge is -1.67. The molecule has 8 heavy (non-hydrogen) atoms. The van der Waals surface area contributed by atoms with Crippen molar-refractivity contribution in [3.05, 3.63) is 5.82 Å². The van der Waals surface area contributed by atoms with Gasteiger partial charge in [-0.15, -0.1) is 0 Å². The second-order valence-corrected chi connectivity index (χ2v) is 1.84. The van der Waals surface area contributed by atoms with Crippen LogP contribution < -0.4 is 5.73 Å². The van der Waals surface area contributed by atoms with Crippen LogP contribution in [0.15, 0.2) is 0 Å². The van der Waals surface area contributed by atoms with Gasteiger partial charge in [-0.1, -0.05) is 0 Å². The molecule has 0 atom stereocenters. The summed E-state index contributed by atoms with van der Waals surface area (Å²) in [6.07, 6.45) is 1.51. The lowest BCUT2D eigenvalue weighted by Crippen LogP contribution is -1.84. The highest BCUT2D eigenvalue weighted by Gasteiger charge is 1.96. The van der Waals surface area contributed by atoms with Crippen LogP contribution in [0.25, 0.3) is 0 Å². The SMILES string of the molecule is Nc1nc([C]=O)ns1. The molecule has 0 aliphatic heterocycles. The van der Waals surface area contributed by atoms with Gasteiger partial charge >= 0.3 is 0 Å². The molecule has 1 aromatic heterocycles. The maximum Gasteiger partial charge on any atom is 0.275 e. The number of anilines is 1. The third-order valence-corrected chi connectivity index (χ3v) is 1.08. The Balaban J connectivity index is 3.00. The zero-order chi connectivity index (χ0) is 5.98. The van der Waals surface area contributed by atoms with Gasteiger partial charge in [-0.25, -0.2) is 0 Å². The Kier molecular flexibility index (Phi) is 1.21. The molecule has 0 aliphatic carbocycles. The van der Waals surface area contributed by atoms with Gasteiger partial charge < -0.3 is 5.73 Å². The molecule has 0 amide bonds. The molecular formula is C3H2N3OS. The minimum Gasteiger partial charge on any atom is -0.374 e. The van der Waals surface area contributed by atoms with Gasteiger partial charge in [0.15, 0.2) is 5.13 Å². The highest BCUT2D eigenvalue weighted by atomic mass is 32.1. The molecule has 0 saturated heterocycles. The molecular weight excluding hydrogens is 126 g/mol. The molecule has 41 valence electrons. The minimum atomic E-state index is 0.0347. The van der Waals surface area contributed by atoms with Crippen molar-refractivity contribution in [3.63, 3.8) is 0 Å². The molecule has 1 aromatic rings. The summed E-state index contributed by atoms with van der Waals surface area (Å²) in [6, 6.07) is 0. The van der Waals surface area contributed by atoms with Gasteiger partial charge in [-0.2, -0.15) is 9.36 Å². The van der Waals surface area contributed by atoms with Crippen molar-refractivity contribution in [2.75, 3.05) is 5.73 Å². The van der Waals surface area contributed by atoms with Crippen molar-refractivity contribution in [1.82, 2.24) is 9.36 Å². The van der Waals surface area contributed by atoms with Crippen LogP contribution in [0.1, 0.15) is 5.82 Å². The zero-order valence-electron chi connectivity index (χ0n) is 3.79. The number of rotatable bonds is 1. The van der Waals surface area contributed by atoms with E-state index in [0.717, 1.165) is 11.5 Å². The maximum atomic E-state index is 9.72. The fourth-order valence-electron chi connectivity index (χ4n) is 0.277. The Morgan fingerprint density at radius 2 is 2.50 bits per heavy atom. The summed E-state index contributed by atoms with van der Waals surface area (Å²) in [5.41, 5.74) is 5.12. The van der Waals surface area contributed by atoms with Crippen LogP contribution in [0.4, 0.5) is 5.13 Å². The van der Waals surface area contributed by atoms with Gasteiger partial charge in [0.1, 0.15) is 0 Å². The molecule has 1 radical (unpaired) electrons. The van der Waals surface area contributed by atoms with Crippen molar-refractivity contribution in [3.8, 4) is 0 Å². The molecule has 0 spiro atoms. The number of nitrogens with zero attached hydrogens (tertiary/aromatic N) is 2. The maximum absolute atomic E-state index is 9.72. The minimum absolute atomic E-state index is 0.0347. The summed E-state index contributed by atoms with van der Waals surface area (Å²) in [4.78, 5) is 13.2. The van der Waals surface area contributed by atoms with Gasteiger partial charge in [0.05, 0.1) is 0 Å². The van der Waals surface area contributed by atoms with E-state index in [4.69, 9.17) is 5.73 Å². The van der Waals surface area contributed by atoms with Crippen molar-refractivity contribution >= 4 is 23.0 Å². The van der Waals surface area contributed by atoms with Gasteiger partial charge in [-0.05, 0) is 0 Å². The second-order valence-electron chi connectivity index (χ2n) is 1.06. The van der Waals surface area contributed by atoms with Crippen LogP contribution >= 0.6 is 11.5 Å². The summed E-state index contributed by atoms with van der Waals surface area (Å²) in [6.45, 7) is 0. The van der Waals surface area contributed by atoms with Crippen LogP contribution in [0.3, 0.4) is 0 Å². The van der Waals surface area contributed by atoms with Crippen LogP contribution in [0, 0.1) is 0 Å². The average molecular weight is 128 g/mol. The average Bonchev–Trinajstić information content (AvgIpc) is 2.14. The van der Waals surface area contributed by atoms with E-state index in [2.05, 4.69) is 9.36 Å². The first kappa shape index (κ1) is 5.17. The molecule has 4 nitrogen and oxygen atoms in total. The summed E-state index contributed by atoms with van der Waals surface area (Å²) in [5.74, 6) is 0.0347. The Bertz CT molecular complexity index is 196. The number of aromatic nitrogens is 2. The molecule has 0 bridgehead atoms. The fourth-order valence-corrected chi connectivity index (χ4v) is 0.662. The normalized spacial score (nSPS) is 9.00. The smallest absolute Gasteiger partial charge is 0.275 e. The van der Waals surface area contributed by atoms with Crippen molar-refractivity contribution < 1.29 is 4.79 Å². The van der Waals surface area contributed by atoms with E-state index in [1.165, 1.54) is 6.29 Å². The predicted octanol–water partition coefficient (Wildman–Crippen LogP) is -0.422. The number of hydrogen-bond donors (Lipinski definition) is 1. The lowest BCUT2D eigenvalue weighted by molar-refractivity contribution is 0.560. The van der Waals surface area contributed by atoms with Gasteiger partial charge in [0, 0.05) is 11.5 Å². The summed E-state index contributed by atoms with van der Waals surface area (Å²) >= 11 is 0.983. The Labute approximate surface area is 49.5 Å². The molecule has 0 fully saturated rings. The first-order valence-electron chi connectivity index (χ1n) is 1.80. The number of carbonyl (C=O) groups excluding carboxylic acids is 1. The van der Waals surface area contributed by atoms with Gasteiger partial charge in [0.2, 0.25) is 5.82 Å². The van der Waals surface area contributed by atoms with E-state index in [0.29, 0.717) is 5.13 Å². The third-order valence-electron chi connectivity index (χ3n) is 0.533. The monoisotopic (exact) mass is 128 g/mol. The molecule has 0 unspecified atom stereocenters. The Hall–Kier alpha value is -0.970. The Morgan fingerprint density at radius 1 is 1.75 bits per heavy atom. The van der Waals surface area contributed by atoms with Crippen molar-refractivity contribution in [2.45, 2.75) is 0 Å². The van der Waals surface area contributed by atoms with E-state index >= 15 is 0 Å². The lowest BCUT2D eigenvalue weighted by atomic mass is 10.7. The fraction of sp³-hybridized carbons (Fsp3) is 0. The largest absolute Gasteiger partial charge is 0.374 e. The number of nitrogens with two attached hydrogens (primary N) is 1. The van der Waals surface area contributed by atoms with Gasteiger partial charge in [0.25, 0.3) is 6.29 Å². The molecule has 0 aromatic carbocycles. The number of hydrogen-bond acceptors (Lipinski definition) is 5. The van der Waals surface area contributed by atoms with Crippen LogP contribution in [-0.2, 0) is 4.79 Å².